The Bertz CT molecular complexity index is 296. The number of allylic oxidation sites excluding steroid dienone is 4. The fourth-order valence-electron chi connectivity index (χ4n) is 0.877. The molecule has 1 aromatic rings. The van der Waals surface area contributed by atoms with E-state index < -0.39 is 0 Å². The average Bonchev–Trinajstić information content (AvgIpc) is 2.19. The van der Waals surface area contributed by atoms with Crippen LogP contribution in [0.3, 0.4) is 0 Å². The third-order valence-electron chi connectivity index (χ3n) is 1.48. The van der Waals surface area contributed by atoms with Gasteiger partial charge in [0.15, 0.2) is 0 Å². The van der Waals surface area contributed by atoms with Crippen molar-refractivity contribution < 1.29 is 0 Å². The summed E-state index contributed by atoms with van der Waals surface area (Å²) in [7, 11) is 0. The van der Waals surface area contributed by atoms with Crippen molar-refractivity contribution in [1.29, 1.82) is 0 Å². The summed E-state index contributed by atoms with van der Waals surface area (Å²) in [4.78, 5) is 0. The smallest absolute Gasteiger partial charge is 0.0379 e. The van der Waals surface area contributed by atoms with Gasteiger partial charge < -0.3 is 5.32 Å². The molecule has 0 saturated heterocycles. The highest BCUT2D eigenvalue weighted by Crippen LogP contribution is 2.03. The van der Waals surface area contributed by atoms with Crippen molar-refractivity contribution in [1.82, 2.24) is 0 Å². The zero-order valence-electron chi connectivity index (χ0n) is 7.48. The summed E-state index contributed by atoms with van der Waals surface area (Å²) in [5.74, 6) is 0. The first-order valence-corrected chi connectivity index (χ1v) is 4.19. The molecule has 0 aliphatic rings. The fourth-order valence-corrected chi connectivity index (χ4v) is 0.877. The maximum atomic E-state index is 3.58. The number of anilines is 1. The Morgan fingerprint density at radius 1 is 1.00 bits per heavy atom. The summed E-state index contributed by atoms with van der Waals surface area (Å²) >= 11 is 0. The Kier molecular flexibility index (Phi) is 4.19. The Morgan fingerprint density at radius 3 is 2.46 bits per heavy atom. The molecule has 1 nitrogen and oxygen atoms in total. The van der Waals surface area contributed by atoms with Crippen molar-refractivity contribution in [3.8, 4) is 0 Å². The quantitative estimate of drug-likeness (QED) is 0.685. The van der Waals surface area contributed by atoms with Crippen LogP contribution in [-0.4, -0.2) is 0 Å². The van der Waals surface area contributed by atoms with E-state index in [4.69, 9.17) is 0 Å². The number of para-hydroxylation sites is 1. The molecule has 0 unspecified atom stereocenters. The van der Waals surface area contributed by atoms with Crippen molar-refractivity contribution in [2.24, 2.45) is 0 Å². The van der Waals surface area contributed by atoms with Crippen LogP contribution in [0.2, 0.25) is 0 Å². The van der Waals surface area contributed by atoms with Gasteiger partial charge in [0, 0.05) is 11.9 Å². The summed E-state index contributed by atoms with van der Waals surface area (Å²) in [5, 5.41) is 3.14. The van der Waals surface area contributed by atoms with E-state index in [-0.39, 0.29) is 0 Å². The van der Waals surface area contributed by atoms with Gasteiger partial charge in [-0.3, -0.25) is 0 Å². The molecule has 0 heterocycles. The standard InChI is InChI=1S/C12H13N/c1-2-3-4-8-11-13-12-9-6-5-7-10-12/h2-11,13H,1H2/b4-3+,11-8+. The minimum absolute atomic E-state index is 1.09. The lowest BCUT2D eigenvalue weighted by atomic mass is 10.3. The van der Waals surface area contributed by atoms with Crippen LogP contribution in [-0.2, 0) is 0 Å². The first-order valence-electron chi connectivity index (χ1n) is 4.19. The lowest BCUT2D eigenvalue weighted by Crippen LogP contribution is -1.84. The second-order valence-electron chi connectivity index (χ2n) is 2.49. The van der Waals surface area contributed by atoms with Gasteiger partial charge >= 0.3 is 0 Å². The van der Waals surface area contributed by atoms with E-state index in [1.807, 2.05) is 54.8 Å². The molecule has 0 saturated carbocycles. The van der Waals surface area contributed by atoms with Crippen LogP contribution in [0, 0.1) is 0 Å². The van der Waals surface area contributed by atoms with Crippen LogP contribution in [0.15, 0.2) is 67.4 Å². The van der Waals surface area contributed by atoms with E-state index in [2.05, 4.69) is 11.9 Å². The highest BCUT2D eigenvalue weighted by atomic mass is 14.8. The highest BCUT2D eigenvalue weighted by molar-refractivity contribution is 5.45. The number of benzene rings is 1. The van der Waals surface area contributed by atoms with Crippen molar-refractivity contribution in [3.05, 3.63) is 67.4 Å². The van der Waals surface area contributed by atoms with Crippen LogP contribution in [0.1, 0.15) is 0 Å². The summed E-state index contributed by atoms with van der Waals surface area (Å²) in [6.45, 7) is 3.58. The van der Waals surface area contributed by atoms with E-state index in [9.17, 15) is 0 Å². The van der Waals surface area contributed by atoms with E-state index in [0.717, 1.165) is 5.69 Å². The van der Waals surface area contributed by atoms with Crippen molar-refractivity contribution in [2.75, 3.05) is 5.32 Å². The molecule has 0 aliphatic carbocycles. The zero-order valence-corrected chi connectivity index (χ0v) is 7.48. The molecule has 13 heavy (non-hydrogen) atoms. The zero-order chi connectivity index (χ0) is 9.36. The summed E-state index contributed by atoms with van der Waals surface area (Å²) < 4.78 is 0. The minimum Gasteiger partial charge on any atom is -0.362 e. The summed E-state index contributed by atoms with van der Waals surface area (Å²) in [6.07, 6.45) is 9.35. The maximum absolute atomic E-state index is 3.58. The fraction of sp³-hybridized carbons (Fsp3) is 0. The molecule has 0 atom stereocenters. The van der Waals surface area contributed by atoms with E-state index >= 15 is 0 Å². The number of rotatable bonds is 4. The van der Waals surface area contributed by atoms with E-state index in [1.54, 1.807) is 6.08 Å². The highest BCUT2D eigenvalue weighted by Gasteiger charge is 1.81. The third kappa shape index (κ3) is 3.97. The molecular formula is C12H13N. The van der Waals surface area contributed by atoms with Gasteiger partial charge in [0.05, 0.1) is 0 Å². The van der Waals surface area contributed by atoms with Crippen molar-refractivity contribution >= 4 is 5.69 Å². The predicted molar refractivity (Wildman–Crippen MR) is 58.5 cm³/mol. The molecule has 0 spiro atoms. The van der Waals surface area contributed by atoms with Gasteiger partial charge in [0.1, 0.15) is 0 Å². The van der Waals surface area contributed by atoms with Gasteiger partial charge in [-0.05, 0) is 18.2 Å². The SMILES string of the molecule is C=C/C=C/C=C/Nc1ccccc1. The lowest BCUT2D eigenvalue weighted by Gasteiger charge is -1.96. The normalized spacial score (nSPS) is 10.8. The Balaban J connectivity index is 2.39. The first-order chi connectivity index (χ1) is 6.43. The monoisotopic (exact) mass is 171 g/mol. The number of nitrogens with one attached hydrogen (secondary N) is 1. The van der Waals surface area contributed by atoms with Crippen molar-refractivity contribution in [2.45, 2.75) is 0 Å². The number of hydrogen-bond donors (Lipinski definition) is 1. The molecule has 0 bridgehead atoms. The Morgan fingerprint density at radius 2 is 1.77 bits per heavy atom. The molecule has 0 radical (unpaired) electrons. The molecule has 1 heteroatoms. The molecule has 0 aliphatic heterocycles. The topological polar surface area (TPSA) is 12.0 Å². The second-order valence-corrected chi connectivity index (χ2v) is 2.49. The largest absolute Gasteiger partial charge is 0.362 e. The van der Waals surface area contributed by atoms with Gasteiger partial charge in [-0.1, -0.05) is 43.0 Å². The molecular weight excluding hydrogens is 158 g/mol. The first kappa shape index (κ1) is 9.33. The molecule has 0 amide bonds. The van der Waals surface area contributed by atoms with Gasteiger partial charge in [0.2, 0.25) is 0 Å². The van der Waals surface area contributed by atoms with Crippen LogP contribution in [0.25, 0.3) is 0 Å². The van der Waals surface area contributed by atoms with Gasteiger partial charge in [0.25, 0.3) is 0 Å². The van der Waals surface area contributed by atoms with E-state index in [1.165, 1.54) is 0 Å². The second kappa shape index (κ2) is 5.84. The summed E-state index contributed by atoms with van der Waals surface area (Å²) in [6, 6.07) is 10.0. The Hall–Kier alpha value is -1.76. The summed E-state index contributed by atoms with van der Waals surface area (Å²) in [5.41, 5.74) is 1.09. The maximum Gasteiger partial charge on any atom is 0.0379 e. The van der Waals surface area contributed by atoms with E-state index in [0.29, 0.717) is 0 Å². The molecule has 0 fully saturated rings. The van der Waals surface area contributed by atoms with Gasteiger partial charge in [-0.2, -0.15) is 0 Å². The molecule has 1 N–H and O–H groups in total. The molecule has 66 valence electrons. The van der Waals surface area contributed by atoms with Crippen LogP contribution >= 0.6 is 0 Å². The lowest BCUT2D eigenvalue weighted by molar-refractivity contribution is 1.58. The molecule has 0 aromatic heterocycles. The molecule has 1 aromatic carbocycles. The predicted octanol–water partition coefficient (Wildman–Crippen LogP) is 3.35. The third-order valence-corrected chi connectivity index (χ3v) is 1.48. The van der Waals surface area contributed by atoms with Crippen molar-refractivity contribution in [3.63, 3.8) is 0 Å². The van der Waals surface area contributed by atoms with Crippen LogP contribution in [0.4, 0.5) is 5.69 Å². The van der Waals surface area contributed by atoms with Gasteiger partial charge in [-0.25, -0.2) is 0 Å². The number of hydrogen-bond acceptors (Lipinski definition) is 1. The molecule has 1 rings (SSSR count). The van der Waals surface area contributed by atoms with Crippen LogP contribution in [0.5, 0.6) is 0 Å². The minimum atomic E-state index is 1.09. The average molecular weight is 171 g/mol. The van der Waals surface area contributed by atoms with Crippen LogP contribution < -0.4 is 5.32 Å². The Labute approximate surface area is 79.1 Å². The van der Waals surface area contributed by atoms with Gasteiger partial charge in [-0.15, -0.1) is 0 Å².